The lowest BCUT2D eigenvalue weighted by Gasteiger charge is -2.37. The maximum Gasteiger partial charge on any atom is 0.308 e. The molecule has 5 heteroatoms. The zero-order valence-electron chi connectivity index (χ0n) is 12.4. The van der Waals surface area contributed by atoms with Crippen LogP contribution >= 0.6 is 0 Å². The minimum Gasteiger partial charge on any atom is -0.481 e. The zero-order valence-corrected chi connectivity index (χ0v) is 12.4. The van der Waals surface area contributed by atoms with Gasteiger partial charge in [0.2, 0.25) is 0 Å². The van der Waals surface area contributed by atoms with Gasteiger partial charge in [-0.2, -0.15) is 0 Å². The number of methoxy groups -OCH3 is 1. The predicted molar refractivity (Wildman–Crippen MR) is 78.0 cm³/mol. The monoisotopic (exact) mass is 291 g/mol. The van der Waals surface area contributed by atoms with Crippen LogP contribution in [0.1, 0.15) is 35.7 Å². The summed E-state index contributed by atoms with van der Waals surface area (Å²) in [6, 6.07) is 7.02. The van der Waals surface area contributed by atoms with Gasteiger partial charge in [0.15, 0.2) is 0 Å². The lowest BCUT2D eigenvalue weighted by atomic mass is 9.89. The Morgan fingerprint density at radius 2 is 2.19 bits per heavy atom. The van der Waals surface area contributed by atoms with Gasteiger partial charge in [-0.1, -0.05) is 12.1 Å². The number of likely N-dealkylation sites (tertiary alicyclic amines) is 1. The fourth-order valence-electron chi connectivity index (χ4n) is 2.89. The van der Waals surface area contributed by atoms with Crippen LogP contribution in [-0.4, -0.2) is 41.6 Å². The number of carbonyl (C=O) groups excluding carboxylic acids is 1. The van der Waals surface area contributed by atoms with E-state index >= 15 is 0 Å². The van der Waals surface area contributed by atoms with E-state index in [4.69, 9.17) is 4.74 Å². The highest BCUT2D eigenvalue weighted by molar-refractivity contribution is 5.95. The van der Waals surface area contributed by atoms with Crippen molar-refractivity contribution >= 4 is 11.9 Å². The lowest BCUT2D eigenvalue weighted by Crippen LogP contribution is -2.49. The molecule has 1 fully saturated rings. The summed E-state index contributed by atoms with van der Waals surface area (Å²) in [6.45, 7) is 2.88. The first-order chi connectivity index (χ1) is 10.0. The molecule has 0 spiro atoms. The van der Waals surface area contributed by atoms with Crippen molar-refractivity contribution in [2.24, 2.45) is 5.92 Å². The molecular formula is C16H21NO4. The molecule has 0 radical (unpaired) electrons. The zero-order chi connectivity index (χ0) is 15.4. The Morgan fingerprint density at radius 1 is 1.43 bits per heavy atom. The minimum atomic E-state index is -0.826. The number of carboxylic acid groups (broad SMARTS) is 1. The van der Waals surface area contributed by atoms with E-state index in [9.17, 15) is 14.7 Å². The summed E-state index contributed by atoms with van der Waals surface area (Å²) >= 11 is 0. The fourth-order valence-corrected chi connectivity index (χ4v) is 2.89. The number of carboxylic acids is 1. The van der Waals surface area contributed by atoms with Gasteiger partial charge in [-0.25, -0.2) is 0 Å². The first kappa shape index (κ1) is 15.5. The molecule has 2 rings (SSSR count). The molecule has 1 amide bonds. The van der Waals surface area contributed by atoms with Gasteiger partial charge < -0.3 is 14.7 Å². The SMILES string of the molecule is COCc1cccc(C(=O)N2CCC[C@H](C(=O)O)[C@@H]2C)c1. The second-order valence-electron chi connectivity index (χ2n) is 5.46. The molecule has 21 heavy (non-hydrogen) atoms. The topological polar surface area (TPSA) is 66.8 Å². The molecule has 0 unspecified atom stereocenters. The largest absolute Gasteiger partial charge is 0.481 e. The first-order valence-corrected chi connectivity index (χ1v) is 7.16. The van der Waals surface area contributed by atoms with Gasteiger partial charge in [0.1, 0.15) is 0 Å². The number of aliphatic carboxylic acids is 1. The van der Waals surface area contributed by atoms with Gasteiger partial charge in [0.25, 0.3) is 5.91 Å². The number of ether oxygens (including phenoxy) is 1. The molecular weight excluding hydrogens is 270 g/mol. The Balaban J connectivity index is 2.18. The molecule has 1 aliphatic rings. The van der Waals surface area contributed by atoms with Gasteiger partial charge in [0.05, 0.1) is 12.5 Å². The van der Waals surface area contributed by atoms with Crippen molar-refractivity contribution in [1.29, 1.82) is 0 Å². The van der Waals surface area contributed by atoms with Crippen LogP contribution < -0.4 is 0 Å². The van der Waals surface area contributed by atoms with Crippen LogP contribution in [0.25, 0.3) is 0 Å². The number of hydrogen-bond acceptors (Lipinski definition) is 3. The average molecular weight is 291 g/mol. The van der Waals surface area contributed by atoms with Crippen molar-refractivity contribution in [1.82, 2.24) is 4.90 Å². The van der Waals surface area contributed by atoms with E-state index in [2.05, 4.69) is 0 Å². The summed E-state index contributed by atoms with van der Waals surface area (Å²) < 4.78 is 5.08. The third-order valence-electron chi connectivity index (χ3n) is 4.05. The quantitative estimate of drug-likeness (QED) is 0.923. The van der Waals surface area contributed by atoms with Crippen LogP contribution in [0, 0.1) is 5.92 Å². The minimum absolute atomic E-state index is 0.105. The van der Waals surface area contributed by atoms with Crippen molar-refractivity contribution < 1.29 is 19.4 Å². The second kappa shape index (κ2) is 6.72. The summed E-state index contributed by atoms with van der Waals surface area (Å²) in [5.41, 5.74) is 1.52. The number of nitrogens with zero attached hydrogens (tertiary/aromatic N) is 1. The van der Waals surface area contributed by atoms with Gasteiger partial charge in [0, 0.05) is 25.3 Å². The molecule has 1 N–H and O–H groups in total. The maximum atomic E-state index is 12.6. The smallest absolute Gasteiger partial charge is 0.308 e. The Kier molecular flexibility index (Phi) is 4.96. The Morgan fingerprint density at radius 3 is 2.86 bits per heavy atom. The van der Waals surface area contributed by atoms with E-state index in [1.165, 1.54) is 0 Å². The number of piperidine rings is 1. The van der Waals surface area contributed by atoms with E-state index in [1.807, 2.05) is 25.1 Å². The molecule has 5 nitrogen and oxygen atoms in total. The third-order valence-corrected chi connectivity index (χ3v) is 4.05. The summed E-state index contributed by atoms with van der Waals surface area (Å²) in [6.07, 6.45) is 1.36. The molecule has 0 saturated carbocycles. The van der Waals surface area contributed by atoms with Crippen molar-refractivity contribution in [2.45, 2.75) is 32.4 Å². The van der Waals surface area contributed by atoms with E-state index in [0.29, 0.717) is 25.1 Å². The number of benzene rings is 1. The van der Waals surface area contributed by atoms with Crippen molar-refractivity contribution in [3.63, 3.8) is 0 Å². The average Bonchev–Trinajstić information content (AvgIpc) is 2.47. The van der Waals surface area contributed by atoms with E-state index in [0.717, 1.165) is 12.0 Å². The molecule has 1 aromatic rings. The van der Waals surface area contributed by atoms with E-state index in [-0.39, 0.29) is 11.9 Å². The number of hydrogen-bond donors (Lipinski definition) is 1. The lowest BCUT2D eigenvalue weighted by molar-refractivity contribution is -0.144. The van der Waals surface area contributed by atoms with E-state index in [1.54, 1.807) is 18.1 Å². The first-order valence-electron chi connectivity index (χ1n) is 7.16. The molecule has 2 atom stereocenters. The molecule has 0 bridgehead atoms. The molecule has 1 aromatic carbocycles. The summed E-state index contributed by atoms with van der Waals surface area (Å²) in [5.74, 6) is -1.41. The van der Waals surface area contributed by atoms with Gasteiger partial charge in [-0.3, -0.25) is 9.59 Å². The number of carbonyl (C=O) groups is 2. The summed E-state index contributed by atoms with van der Waals surface area (Å²) in [7, 11) is 1.61. The molecule has 1 aliphatic heterocycles. The van der Waals surface area contributed by atoms with Gasteiger partial charge >= 0.3 is 5.97 Å². The second-order valence-corrected chi connectivity index (χ2v) is 5.46. The highest BCUT2D eigenvalue weighted by Crippen LogP contribution is 2.25. The van der Waals surface area contributed by atoms with Crippen molar-refractivity contribution in [3.8, 4) is 0 Å². The molecule has 114 valence electrons. The number of rotatable bonds is 4. The van der Waals surface area contributed by atoms with Gasteiger partial charge in [-0.15, -0.1) is 0 Å². The fraction of sp³-hybridized carbons (Fsp3) is 0.500. The number of amides is 1. The highest BCUT2D eigenvalue weighted by atomic mass is 16.5. The maximum absolute atomic E-state index is 12.6. The van der Waals surface area contributed by atoms with Crippen LogP contribution in [0.5, 0.6) is 0 Å². The van der Waals surface area contributed by atoms with Crippen LogP contribution in [0.4, 0.5) is 0 Å². The van der Waals surface area contributed by atoms with Gasteiger partial charge in [-0.05, 0) is 37.5 Å². The molecule has 0 aliphatic carbocycles. The molecule has 0 aromatic heterocycles. The Hall–Kier alpha value is -1.88. The van der Waals surface area contributed by atoms with Crippen molar-refractivity contribution in [3.05, 3.63) is 35.4 Å². The van der Waals surface area contributed by atoms with Crippen LogP contribution in [-0.2, 0) is 16.1 Å². The standard InChI is InChI=1S/C16H21NO4/c1-11-14(16(19)20)7-4-8-17(11)15(18)13-6-3-5-12(9-13)10-21-2/h3,5-6,9,11,14H,4,7-8,10H2,1-2H3,(H,19,20)/t11-,14-/m0/s1. The summed E-state index contributed by atoms with van der Waals surface area (Å²) in [4.78, 5) is 25.6. The van der Waals surface area contributed by atoms with Crippen LogP contribution in [0.3, 0.4) is 0 Å². The van der Waals surface area contributed by atoms with Crippen LogP contribution in [0.15, 0.2) is 24.3 Å². The Bertz CT molecular complexity index is 529. The summed E-state index contributed by atoms with van der Waals surface area (Å²) in [5, 5.41) is 9.24. The molecule has 1 saturated heterocycles. The Labute approximate surface area is 124 Å². The highest BCUT2D eigenvalue weighted by Gasteiger charge is 2.35. The third kappa shape index (κ3) is 3.42. The van der Waals surface area contributed by atoms with E-state index < -0.39 is 11.9 Å². The van der Waals surface area contributed by atoms with Crippen LogP contribution in [0.2, 0.25) is 0 Å². The van der Waals surface area contributed by atoms with Crippen molar-refractivity contribution in [2.75, 3.05) is 13.7 Å². The predicted octanol–water partition coefficient (Wildman–Crippen LogP) is 2.16. The normalized spacial score (nSPS) is 22.1. The molecule has 1 heterocycles.